The summed E-state index contributed by atoms with van der Waals surface area (Å²) in [5, 5.41) is 2.74. The van der Waals surface area contributed by atoms with Crippen LogP contribution in [0.5, 0.6) is 0 Å². The molecule has 1 N–H and O–H groups in total. The summed E-state index contributed by atoms with van der Waals surface area (Å²) in [4.78, 5) is 12.3. The molecule has 1 saturated carbocycles. The van der Waals surface area contributed by atoms with Gasteiger partial charge in [0, 0.05) is 9.89 Å². The van der Waals surface area contributed by atoms with Crippen LogP contribution in [0.2, 0.25) is 0 Å². The highest BCUT2D eigenvalue weighted by molar-refractivity contribution is 9.10. The zero-order valence-electron chi connectivity index (χ0n) is 10.4. The van der Waals surface area contributed by atoms with Crippen LogP contribution in [0.1, 0.15) is 39.0 Å². The first-order chi connectivity index (χ1) is 8.57. The van der Waals surface area contributed by atoms with Crippen LogP contribution in [-0.4, -0.2) is 5.91 Å². The lowest BCUT2D eigenvalue weighted by atomic mass is 9.82. The van der Waals surface area contributed by atoms with Crippen LogP contribution in [0.15, 0.2) is 22.7 Å². The van der Waals surface area contributed by atoms with Gasteiger partial charge in [0.1, 0.15) is 5.82 Å². The lowest BCUT2D eigenvalue weighted by Crippen LogP contribution is -2.33. The Labute approximate surface area is 115 Å². The molecule has 1 aliphatic carbocycles. The third-order valence-electron chi connectivity index (χ3n) is 3.90. The van der Waals surface area contributed by atoms with Crippen LogP contribution >= 0.6 is 15.9 Å². The molecule has 2 nitrogen and oxygen atoms in total. The smallest absolute Gasteiger partial charge is 0.230 e. The molecular weight excluding hydrogens is 297 g/mol. The number of anilines is 1. The number of nitrogens with one attached hydrogen (secondary N) is 1. The van der Waals surface area contributed by atoms with Gasteiger partial charge in [-0.3, -0.25) is 4.79 Å². The van der Waals surface area contributed by atoms with Crippen molar-refractivity contribution in [1.29, 1.82) is 0 Å². The largest absolute Gasteiger partial charge is 0.323 e. The molecule has 98 valence electrons. The highest BCUT2D eigenvalue weighted by atomic mass is 79.9. The standard InChI is InChI=1S/C14H17BrFNO/c1-2-14(7-3-4-8-14)13(18)17-12-6-5-10(15)9-11(12)16/h5-6,9H,2-4,7-8H2,1H3,(H,17,18). The Hall–Kier alpha value is -0.900. The molecule has 0 aliphatic heterocycles. The maximum atomic E-state index is 13.7. The number of benzene rings is 1. The monoisotopic (exact) mass is 313 g/mol. The van der Waals surface area contributed by atoms with Crippen molar-refractivity contribution in [2.75, 3.05) is 5.32 Å². The normalized spacial score (nSPS) is 17.7. The third kappa shape index (κ3) is 2.58. The number of hydrogen-bond acceptors (Lipinski definition) is 1. The summed E-state index contributed by atoms with van der Waals surface area (Å²) < 4.78 is 14.4. The van der Waals surface area contributed by atoms with E-state index in [4.69, 9.17) is 0 Å². The fourth-order valence-electron chi connectivity index (χ4n) is 2.64. The van der Waals surface area contributed by atoms with Crippen molar-refractivity contribution < 1.29 is 9.18 Å². The Kier molecular flexibility index (Phi) is 4.05. The first-order valence-corrected chi connectivity index (χ1v) is 7.13. The molecule has 0 radical (unpaired) electrons. The molecule has 0 spiro atoms. The first-order valence-electron chi connectivity index (χ1n) is 6.34. The minimum absolute atomic E-state index is 0.0382. The van der Waals surface area contributed by atoms with Gasteiger partial charge < -0.3 is 5.32 Å². The second-order valence-electron chi connectivity index (χ2n) is 4.92. The molecule has 1 fully saturated rings. The van der Waals surface area contributed by atoms with E-state index in [1.807, 2.05) is 6.92 Å². The van der Waals surface area contributed by atoms with Gasteiger partial charge in [0.15, 0.2) is 0 Å². The second-order valence-corrected chi connectivity index (χ2v) is 5.83. The molecule has 0 bridgehead atoms. The van der Waals surface area contributed by atoms with Crippen LogP contribution in [0, 0.1) is 11.2 Å². The van der Waals surface area contributed by atoms with E-state index in [0.717, 1.165) is 32.1 Å². The van der Waals surface area contributed by atoms with Gasteiger partial charge in [0.25, 0.3) is 0 Å². The van der Waals surface area contributed by atoms with E-state index in [1.165, 1.54) is 6.07 Å². The lowest BCUT2D eigenvalue weighted by molar-refractivity contribution is -0.125. The van der Waals surface area contributed by atoms with Gasteiger partial charge in [0.05, 0.1) is 5.69 Å². The average molecular weight is 314 g/mol. The number of carbonyl (C=O) groups excluding carboxylic acids is 1. The van der Waals surface area contributed by atoms with Crippen molar-refractivity contribution in [2.24, 2.45) is 5.41 Å². The maximum Gasteiger partial charge on any atom is 0.230 e. The topological polar surface area (TPSA) is 29.1 Å². The molecule has 2 rings (SSSR count). The quantitative estimate of drug-likeness (QED) is 0.874. The van der Waals surface area contributed by atoms with Crippen LogP contribution in [-0.2, 0) is 4.79 Å². The van der Waals surface area contributed by atoms with Crippen molar-refractivity contribution >= 4 is 27.5 Å². The molecule has 0 saturated heterocycles. The van der Waals surface area contributed by atoms with Crippen molar-refractivity contribution in [2.45, 2.75) is 39.0 Å². The molecule has 1 aromatic carbocycles. The number of hydrogen-bond donors (Lipinski definition) is 1. The molecule has 4 heteroatoms. The summed E-state index contributed by atoms with van der Waals surface area (Å²) in [7, 11) is 0. The average Bonchev–Trinajstić information content (AvgIpc) is 2.82. The predicted octanol–water partition coefficient (Wildman–Crippen LogP) is 4.50. The van der Waals surface area contributed by atoms with E-state index in [1.54, 1.807) is 12.1 Å². The van der Waals surface area contributed by atoms with Crippen molar-refractivity contribution in [1.82, 2.24) is 0 Å². The Morgan fingerprint density at radius 2 is 2.11 bits per heavy atom. The Morgan fingerprint density at radius 1 is 1.44 bits per heavy atom. The summed E-state index contributed by atoms with van der Waals surface area (Å²) in [6.07, 6.45) is 4.81. The van der Waals surface area contributed by atoms with E-state index >= 15 is 0 Å². The summed E-state index contributed by atoms with van der Waals surface area (Å²) in [6.45, 7) is 2.03. The minimum Gasteiger partial charge on any atom is -0.323 e. The van der Waals surface area contributed by atoms with Crippen LogP contribution in [0.25, 0.3) is 0 Å². The van der Waals surface area contributed by atoms with Crippen LogP contribution in [0.4, 0.5) is 10.1 Å². The van der Waals surface area contributed by atoms with Crippen LogP contribution in [0.3, 0.4) is 0 Å². The summed E-state index contributed by atoms with van der Waals surface area (Å²) in [5.74, 6) is -0.439. The van der Waals surface area contributed by atoms with Crippen LogP contribution < -0.4 is 5.32 Å². The molecule has 1 aromatic rings. The van der Waals surface area contributed by atoms with Crippen molar-refractivity contribution in [3.8, 4) is 0 Å². The molecule has 1 amide bonds. The summed E-state index contributed by atoms with van der Waals surface area (Å²) >= 11 is 3.20. The predicted molar refractivity (Wildman–Crippen MR) is 73.9 cm³/mol. The van der Waals surface area contributed by atoms with Gasteiger partial charge in [-0.1, -0.05) is 35.7 Å². The van der Waals surface area contributed by atoms with E-state index in [9.17, 15) is 9.18 Å². The fourth-order valence-corrected chi connectivity index (χ4v) is 2.97. The number of halogens is 2. The minimum atomic E-state index is -0.401. The SMILES string of the molecule is CCC1(C(=O)Nc2ccc(Br)cc2F)CCCC1. The van der Waals surface area contributed by atoms with E-state index in [-0.39, 0.29) is 17.0 Å². The number of rotatable bonds is 3. The summed E-state index contributed by atoms with van der Waals surface area (Å²) in [6, 6.07) is 4.68. The molecule has 0 unspecified atom stereocenters. The second kappa shape index (κ2) is 5.39. The molecule has 0 aromatic heterocycles. The Balaban J connectivity index is 2.15. The molecule has 1 aliphatic rings. The van der Waals surface area contributed by atoms with Gasteiger partial charge in [-0.25, -0.2) is 4.39 Å². The van der Waals surface area contributed by atoms with Crippen molar-refractivity contribution in [3.63, 3.8) is 0 Å². The Bertz CT molecular complexity index is 455. The maximum absolute atomic E-state index is 13.7. The zero-order valence-corrected chi connectivity index (χ0v) is 12.0. The van der Waals surface area contributed by atoms with Gasteiger partial charge in [-0.2, -0.15) is 0 Å². The number of amides is 1. The van der Waals surface area contributed by atoms with Gasteiger partial charge in [-0.15, -0.1) is 0 Å². The lowest BCUT2D eigenvalue weighted by Gasteiger charge is -2.26. The fraction of sp³-hybridized carbons (Fsp3) is 0.500. The molecule has 0 heterocycles. The molecule has 18 heavy (non-hydrogen) atoms. The van der Waals surface area contributed by atoms with Crippen molar-refractivity contribution in [3.05, 3.63) is 28.5 Å². The highest BCUT2D eigenvalue weighted by Gasteiger charge is 2.39. The first kappa shape index (κ1) is 13.5. The van der Waals surface area contributed by atoms with Gasteiger partial charge in [-0.05, 0) is 37.5 Å². The molecule has 0 atom stereocenters. The number of carbonyl (C=O) groups is 1. The molecular formula is C14H17BrFNO. The van der Waals surface area contributed by atoms with E-state index in [0.29, 0.717) is 4.47 Å². The Morgan fingerprint density at radius 3 is 2.67 bits per heavy atom. The van der Waals surface area contributed by atoms with E-state index in [2.05, 4.69) is 21.2 Å². The third-order valence-corrected chi connectivity index (χ3v) is 4.39. The van der Waals surface area contributed by atoms with E-state index < -0.39 is 5.82 Å². The summed E-state index contributed by atoms with van der Waals surface area (Å²) in [5.41, 5.74) is -0.0256. The zero-order chi connectivity index (χ0) is 13.2. The van der Waals surface area contributed by atoms with Gasteiger partial charge in [0.2, 0.25) is 5.91 Å². The van der Waals surface area contributed by atoms with Gasteiger partial charge >= 0.3 is 0 Å². The highest BCUT2D eigenvalue weighted by Crippen LogP contribution is 2.42.